The Hall–Kier alpha value is -4.08. The van der Waals surface area contributed by atoms with Gasteiger partial charge in [-0.1, -0.05) is 6.07 Å². The monoisotopic (exact) mass is 521 g/mol. The number of aromatic nitrogens is 4. The molecule has 1 saturated heterocycles. The van der Waals surface area contributed by atoms with Crippen molar-refractivity contribution in [2.24, 2.45) is 0 Å². The minimum atomic E-state index is -3.74. The fraction of sp³-hybridized carbons (Fsp3) is 0.280. The summed E-state index contributed by atoms with van der Waals surface area (Å²) in [7, 11) is -3.74. The Morgan fingerprint density at radius 2 is 1.92 bits per heavy atom. The highest BCUT2D eigenvalue weighted by atomic mass is 32.2. The van der Waals surface area contributed by atoms with E-state index in [9.17, 15) is 18.1 Å². The van der Waals surface area contributed by atoms with Crippen LogP contribution in [0.15, 0.2) is 47.4 Å². The Morgan fingerprint density at radius 3 is 2.65 bits per heavy atom. The van der Waals surface area contributed by atoms with Gasteiger partial charge in [-0.15, -0.1) is 0 Å². The van der Waals surface area contributed by atoms with Crippen LogP contribution in [0.2, 0.25) is 0 Å². The van der Waals surface area contributed by atoms with Crippen molar-refractivity contribution in [3.05, 3.63) is 59.8 Å². The summed E-state index contributed by atoms with van der Waals surface area (Å²) < 4.78 is 46.6. The molecule has 1 aliphatic rings. The molecular formula is C25H24FN7O3S. The van der Waals surface area contributed by atoms with Crippen molar-refractivity contribution >= 4 is 44.0 Å². The number of hydrogen-bond donors (Lipinski definition) is 2. The number of halogens is 1. The van der Waals surface area contributed by atoms with Gasteiger partial charge >= 0.3 is 0 Å². The van der Waals surface area contributed by atoms with Crippen LogP contribution in [0.4, 0.5) is 27.4 Å². The van der Waals surface area contributed by atoms with Gasteiger partial charge in [0.1, 0.15) is 46.8 Å². The molecule has 190 valence electrons. The topological polar surface area (TPSA) is 135 Å². The van der Waals surface area contributed by atoms with Gasteiger partial charge in [0, 0.05) is 18.9 Å². The summed E-state index contributed by atoms with van der Waals surface area (Å²) in [5.41, 5.74) is 1.92. The van der Waals surface area contributed by atoms with Crippen LogP contribution in [0.1, 0.15) is 37.0 Å². The number of fused-ring (bicyclic) bond motifs is 1. The summed E-state index contributed by atoms with van der Waals surface area (Å²) in [6.45, 7) is 2.49. The molecule has 4 aromatic rings. The molecule has 0 spiro atoms. The highest BCUT2D eigenvalue weighted by Gasteiger charge is 2.24. The van der Waals surface area contributed by atoms with Gasteiger partial charge in [0.15, 0.2) is 15.5 Å². The van der Waals surface area contributed by atoms with Gasteiger partial charge in [-0.05, 0) is 56.5 Å². The van der Waals surface area contributed by atoms with Crippen LogP contribution in [0.5, 0.6) is 0 Å². The first kappa shape index (κ1) is 24.6. The number of nitriles is 1. The molecule has 4 heterocycles. The van der Waals surface area contributed by atoms with Gasteiger partial charge in [0.05, 0.1) is 16.3 Å². The number of imidazole rings is 1. The maximum Gasteiger partial charge on any atom is 0.177 e. The van der Waals surface area contributed by atoms with E-state index >= 15 is 0 Å². The SMILES string of the molecule is Cc1nc2c(Nc3ccc(F)cc3S(C)(=O)=O)cc(Nc3cccc(C#N)n3)nc2n1C1CCCCO1. The molecule has 0 radical (unpaired) electrons. The number of nitrogens with one attached hydrogen (secondary N) is 2. The van der Waals surface area contributed by atoms with Crippen LogP contribution < -0.4 is 10.6 Å². The molecule has 0 aliphatic carbocycles. The average Bonchev–Trinajstić information content (AvgIpc) is 3.21. The van der Waals surface area contributed by atoms with Crippen LogP contribution in [-0.2, 0) is 14.6 Å². The smallest absolute Gasteiger partial charge is 0.177 e. The van der Waals surface area contributed by atoms with Gasteiger partial charge in [-0.25, -0.2) is 27.8 Å². The fourth-order valence-electron chi connectivity index (χ4n) is 4.35. The third kappa shape index (κ3) is 5.09. The largest absolute Gasteiger partial charge is 0.358 e. The zero-order valence-corrected chi connectivity index (χ0v) is 21.0. The van der Waals surface area contributed by atoms with E-state index in [1.165, 1.54) is 12.1 Å². The lowest BCUT2D eigenvalue weighted by Gasteiger charge is -2.25. The lowest BCUT2D eigenvalue weighted by molar-refractivity contribution is -0.0308. The third-order valence-corrected chi connectivity index (χ3v) is 7.14. The highest BCUT2D eigenvalue weighted by Crippen LogP contribution is 2.35. The van der Waals surface area contributed by atoms with E-state index < -0.39 is 15.7 Å². The summed E-state index contributed by atoms with van der Waals surface area (Å²) in [5.74, 6) is 0.817. The maximum atomic E-state index is 13.9. The Bertz CT molecular complexity index is 1640. The van der Waals surface area contributed by atoms with Crippen molar-refractivity contribution in [2.45, 2.75) is 37.3 Å². The van der Waals surface area contributed by atoms with Crippen molar-refractivity contribution in [3.63, 3.8) is 0 Å². The number of nitrogens with zero attached hydrogens (tertiary/aromatic N) is 5. The molecule has 10 nitrogen and oxygen atoms in total. The van der Waals surface area contributed by atoms with Crippen LogP contribution in [0, 0.1) is 24.1 Å². The molecule has 37 heavy (non-hydrogen) atoms. The van der Waals surface area contributed by atoms with E-state index in [1.54, 1.807) is 24.3 Å². The first-order valence-electron chi connectivity index (χ1n) is 11.6. The van der Waals surface area contributed by atoms with E-state index in [0.29, 0.717) is 40.9 Å². The lowest BCUT2D eigenvalue weighted by Crippen LogP contribution is -2.19. The fourth-order valence-corrected chi connectivity index (χ4v) is 5.20. The average molecular weight is 522 g/mol. The maximum absolute atomic E-state index is 13.9. The summed E-state index contributed by atoms with van der Waals surface area (Å²) >= 11 is 0. The number of ether oxygens (including phenoxy) is 1. The van der Waals surface area contributed by atoms with Crippen LogP contribution in [0.25, 0.3) is 11.2 Å². The number of aryl methyl sites for hydroxylation is 1. The van der Waals surface area contributed by atoms with Crippen LogP contribution >= 0.6 is 0 Å². The molecule has 0 amide bonds. The lowest BCUT2D eigenvalue weighted by atomic mass is 10.2. The minimum Gasteiger partial charge on any atom is -0.358 e. The Morgan fingerprint density at radius 1 is 1.08 bits per heavy atom. The molecule has 0 saturated carbocycles. The highest BCUT2D eigenvalue weighted by molar-refractivity contribution is 7.90. The molecule has 1 unspecified atom stereocenters. The molecule has 12 heteroatoms. The standard InChI is InChI=1S/C25H24FN7O3S/c1-15-28-24-19(30-18-10-9-16(26)12-20(18)37(2,34)35)13-22(31-21-7-5-6-17(14-27)29-21)32-25(24)33(15)23-8-3-4-11-36-23/h5-7,9-10,12-13,23H,3-4,8,11H2,1-2H3,(H2,29,30,31,32). The summed E-state index contributed by atoms with van der Waals surface area (Å²) in [6, 6.07) is 12.2. The number of pyridine rings is 2. The number of rotatable bonds is 6. The zero-order valence-electron chi connectivity index (χ0n) is 20.2. The zero-order chi connectivity index (χ0) is 26.2. The van der Waals surface area contributed by atoms with E-state index in [-0.39, 0.29) is 22.5 Å². The predicted molar refractivity (Wildman–Crippen MR) is 136 cm³/mol. The van der Waals surface area contributed by atoms with Gasteiger partial charge < -0.3 is 15.4 Å². The van der Waals surface area contributed by atoms with Gasteiger partial charge in [0.2, 0.25) is 0 Å². The number of hydrogen-bond acceptors (Lipinski definition) is 9. The molecule has 3 aromatic heterocycles. The van der Waals surface area contributed by atoms with Crippen molar-refractivity contribution in [1.29, 1.82) is 5.26 Å². The van der Waals surface area contributed by atoms with Crippen molar-refractivity contribution in [3.8, 4) is 6.07 Å². The molecule has 1 fully saturated rings. The summed E-state index contributed by atoms with van der Waals surface area (Å²) in [6.07, 6.45) is 3.57. The molecule has 0 bridgehead atoms. The molecule has 2 N–H and O–H groups in total. The van der Waals surface area contributed by atoms with Crippen molar-refractivity contribution < 1.29 is 17.5 Å². The second kappa shape index (κ2) is 9.76. The second-order valence-electron chi connectivity index (χ2n) is 8.76. The second-order valence-corrected chi connectivity index (χ2v) is 10.7. The van der Waals surface area contributed by atoms with Gasteiger partial charge in [-0.3, -0.25) is 4.57 Å². The Kier molecular flexibility index (Phi) is 6.49. The van der Waals surface area contributed by atoms with Gasteiger partial charge in [-0.2, -0.15) is 5.26 Å². The minimum absolute atomic E-state index is 0.179. The van der Waals surface area contributed by atoms with Crippen LogP contribution in [0.3, 0.4) is 0 Å². The molecule has 1 atom stereocenters. The van der Waals surface area contributed by atoms with E-state index in [2.05, 4.69) is 15.6 Å². The van der Waals surface area contributed by atoms with Crippen LogP contribution in [-0.4, -0.2) is 40.8 Å². The van der Waals surface area contributed by atoms with Crippen molar-refractivity contribution in [1.82, 2.24) is 19.5 Å². The number of sulfone groups is 1. The molecule has 5 rings (SSSR count). The predicted octanol–water partition coefficient (Wildman–Crippen LogP) is 4.74. The molecule has 1 aromatic carbocycles. The van der Waals surface area contributed by atoms with E-state index in [1.807, 2.05) is 17.6 Å². The third-order valence-electron chi connectivity index (χ3n) is 6.00. The first-order valence-corrected chi connectivity index (χ1v) is 13.5. The number of benzene rings is 1. The van der Waals surface area contributed by atoms with Gasteiger partial charge in [0.25, 0.3) is 0 Å². The van der Waals surface area contributed by atoms with Crippen molar-refractivity contribution in [2.75, 3.05) is 23.5 Å². The first-order chi connectivity index (χ1) is 17.7. The molecular weight excluding hydrogens is 497 g/mol. The quantitative estimate of drug-likeness (QED) is 0.369. The normalized spacial score (nSPS) is 15.9. The van der Waals surface area contributed by atoms with E-state index in [0.717, 1.165) is 31.6 Å². The number of anilines is 4. The summed E-state index contributed by atoms with van der Waals surface area (Å²) in [4.78, 5) is 13.6. The Labute approximate surface area is 213 Å². The Balaban J connectivity index is 1.66. The summed E-state index contributed by atoms with van der Waals surface area (Å²) in [5, 5.41) is 15.4. The van der Waals surface area contributed by atoms with E-state index in [4.69, 9.17) is 14.7 Å². The molecule has 1 aliphatic heterocycles.